The summed E-state index contributed by atoms with van der Waals surface area (Å²) in [6.07, 6.45) is 0.373. The molecule has 1 heterocycles. The quantitative estimate of drug-likeness (QED) is 0.806. The molecule has 5 nitrogen and oxygen atoms in total. The molecule has 0 atom stereocenters. The number of aliphatic hydroxyl groups excluding tert-OH is 1. The number of ketones is 2. The number of rotatable bonds is 5. The minimum Gasteiger partial charge on any atom is -0.488 e. The number of hydrogen-bond acceptors (Lipinski definition) is 5. The molecule has 1 aliphatic rings. The summed E-state index contributed by atoms with van der Waals surface area (Å²) in [5.41, 5.74) is 3.26. The average molecular weight is 381 g/mol. The lowest BCUT2D eigenvalue weighted by Crippen LogP contribution is -2.27. The zero-order valence-electron chi connectivity index (χ0n) is 16.7. The number of nitrogens with zero attached hydrogens (tertiary/aromatic N) is 1. The van der Waals surface area contributed by atoms with Crippen LogP contribution in [0.1, 0.15) is 47.8 Å². The topological polar surface area (TPSA) is 66.8 Å². The molecule has 3 rings (SSSR count). The maximum atomic E-state index is 12.4. The van der Waals surface area contributed by atoms with E-state index in [0.717, 1.165) is 22.4 Å². The van der Waals surface area contributed by atoms with Gasteiger partial charge in [-0.2, -0.15) is 0 Å². The highest BCUT2D eigenvalue weighted by Crippen LogP contribution is 2.23. The first-order valence-electron chi connectivity index (χ1n) is 9.51. The van der Waals surface area contributed by atoms with Crippen molar-refractivity contribution >= 4 is 11.6 Å². The first-order chi connectivity index (χ1) is 13.2. The Labute approximate surface area is 165 Å². The molecular weight excluding hydrogens is 354 g/mol. The van der Waals surface area contributed by atoms with Crippen molar-refractivity contribution in [3.63, 3.8) is 0 Å². The highest BCUT2D eigenvalue weighted by Gasteiger charge is 2.21. The minimum absolute atomic E-state index is 0.160. The van der Waals surface area contributed by atoms with Gasteiger partial charge in [0.25, 0.3) is 0 Å². The maximum absolute atomic E-state index is 12.4. The van der Waals surface area contributed by atoms with Crippen LogP contribution in [0, 0.1) is 0 Å². The van der Waals surface area contributed by atoms with Gasteiger partial charge in [-0.1, -0.05) is 24.3 Å². The second-order valence-electron chi connectivity index (χ2n) is 8.28. The smallest absolute Gasteiger partial charge is 0.188 e. The summed E-state index contributed by atoms with van der Waals surface area (Å²) >= 11 is 0. The number of carbonyl (C=O) groups is 2. The van der Waals surface area contributed by atoms with Gasteiger partial charge in [0.2, 0.25) is 0 Å². The van der Waals surface area contributed by atoms with E-state index in [1.165, 1.54) is 0 Å². The second-order valence-corrected chi connectivity index (χ2v) is 8.28. The van der Waals surface area contributed by atoms with Crippen LogP contribution in [-0.2, 0) is 24.3 Å². The summed E-state index contributed by atoms with van der Waals surface area (Å²) in [6, 6.07) is 13.3. The van der Waals surface area contributed by atoms with E-state index in [0.29, 0.717) is 31.6 Å². The fourth-order valence-electron chi connectivity index (χ4n) is 3.41. The van der Waals surface area contributed by atoms with Crippen LogP contribution in [0.5, 0.6) is 5.75 Å². The number of hydrogen-bond donors (Lipinski definition) is 1. The van der Waals surface area contributed by atoms with Crippen molar-refractivity contribution in [2.45, 2.75) is 45.9 Å². The third-order valence-electron chi connectivity index (χ3n) is 4.61. The van der Waals surface area contributed by atoms with E-state index < -0.39 is 6.61 Å². The number of ether oxygens (including phenoxy) is 1. The van der Waals surface area contributed by atoms with Crippen molar-refractivity contribution < 1.29 is 19.4 Å². The third-order valence-corrected chi connectivity index (χ3v) is 4.61. The van der Waals surface area contributed by atoms with Crippen LogP contribution >= 0.6 is 0 Å². The fraction of sp³-hybridized carbons (Fsp3) is 0.391. The van der Waals surface area contributed by atoms with Gasteiger partial charge in [-0.3, -0.25) is 14.5 Å². The van der Waals surface area contributed by atoms with Crippen molar-refractivity contribution in [3.8, 4) is 5.75 Å². The van der Waals surface area contributed by atoms with Gasteiger partial charge in [0.1, 0.15) is 18.0 Å². The van der Waals surface area contributed by atoms with Crippen LogP contribution in [0.2, 0.25) is 0 Å². The van der Waals surface area contributed by atoms with Crippen molar-refractivity contribution in [1.29, 1.82) is 0 Å². The Bertz CT molecular complexity index is 865. The van der Waals surface area contributed by atoms with E-state index in [1.54, 1.807) is 12.1 Å². The molecule has 1 aliphatic heterocycles. The number of benzene rings is 2. The van der Waals surface area contributed by atoms with E-state index >= 15 is 0 Å². The molecule has 0 spiro atoms. The van der Waals surface area contributed by atoms with Crippen LogP contribution in [0.15, 0.2) is 42.5 Å². The Kier molecular flexibility index (Phi) is 5.96. The summed E-state index contributed by atoms with van der Waals surface area (Å²) in [4.78, 5) is 26.3. The van der Waals surface area contributed by atoms with Crippen molar-refractivity contribution in [1.82, 2.24) is 4.90 Å². The summed E-state index contributed by atoms with van der Waals surface area (Å²) < 4.78 is 5.86. The number of aliphatic hydroxyl groups is 1. The van der Waals surface area contributed by atoms with Gasteiger partial charge in [0, 0.05) is 25.1 Å². The predicted molar refractivity (Wildman–Crippen MR) is 108 cm³/mol. The Balaban J connectivity index is 1.76. The van der Waals surface area contributed by atoms with Gasteiger partial charge in [0.15, 0.2) is 11.6 Å². The highest BCUT2D eigenvalue weighted by atomic mass is 16.5. The van der Waals surface area contributed by atoms with E-state index in [9.17, 15) is 9.59 Å². The average Bonchev–Trinajstić information content (AvgIpc) is 2.78. The van der Waals surface area contributed by atoms with Crippen molar-refractivity contribution in [3.05, 3.63) is 64.7 Å². The molecule has 0 amide bonds. The number of carbonyl (C=O) groups excluding carboxylic acids is 2. The second kappa shape index (κ2) is 8.25. The molecule has 28 heavy (non-hydrogen) atoms. The van der Waals surface area contributed by atoms with Crippen LogP contribution in [0.4, 0.5) is 0 Å². The third kappa shape index (κ3) is 5.27. The zero-order chi connectivity index (χ0) is 20.3. The Morgan fingerprint density at radius 3 is 2.43 bits per heavy atom. The molecule has 5 heteroatoms. The largest absolute Gasteiger partial charge is 0.488 e. The van der Waals surface area contributed by atoms with E-state index in [-0.39, 0.29) is 17.2 Å². The van der Waals surface area contributed by atoms with Gasteiger partial charge < -0.3 is 9.84 Å². The summed E-state index contributed by atoms with van der Waals surface area (Å²) in [5.74, 6) is 0.674. The Morgan fingerprint density at radius 1 is 1.07 bits per heavy atom. The first-order valence-corrected chi connectivity index (χ1v) is 9.51. The molecule has 2 aromatic carbocycles. The molecule has 0 unspecified atom stereocenters. The van der Waals surface area contributed by atoms with Gasteiger partial charge in [-0.15, -0.1) is 0 Å². The highest BCUT2D eigenvalue weighted by molar-refractivity contribution is 5.97. The lowest BCUT2D eigenvalue weighted by Gasteiger charge is -2.22. The fourth-order valence-corrected chi connectivity index (χ4v) is 3.41. The van der Waals surface area contributed by atoms with Gasteiger partial charge >= 0.3 is 0 Å². The molecule has 0 radical (unpaired) electrons. The molecule has 0 aliphatic carbocycles. The first kappa shape index (κ1) is 20.2. The standard InChI is InChI=1S/C23H27NO4/c1-23(2,3)28-21-8-4-16(5-9-21)12-24-13-19-10-18(22(27)15-25)7-6-17(19)11-20(26)14-24/h4-10,25H,11-15H2,1-3H3. The van der Waals surface area contributed by atoms with E-state index in [2.05, 4.69) is 4.90 Å². The monoisotopic (exact) mass is 381 g/mol. The molecule has 0 fully saturated rings. The Hall–Kier alpha value is -2.50. The molecule has 0 saturated heterocycles. The van der Waals surface area contributed by atoms with Gasteiger partial charge in [-0.05, 0) is 55.7 Å². The molecule has 2 aromatic rings. The summed E-state index contributed by atoms with van der Waals surface area (Å²) in [7, 11) is 0. The molecule has 0 saturated carbocycles. The van der Waals surface area contributed by atoms with Crippen LogP contribution in [0.25, 0.3) is 0 Å². The molecule has 0 aromatic heterocycles. The molecular formula is C23H27NO4. The summed E-state index contributed by atoms with van der Waals surface area (Å²) in [6.45, 7) is 7.13. The van der Waals surface area contributed by atoms with E-state index in [1.807, 2.05) is 51.1 Å². The molecule has 1 N–H and O–H groups in total. The van der Waals surface area contributed by atoms with Gasteiger partial charge in [0.05, 0.1) is 6.54 Å². The molecule has 0 bridgehead atoms. The lowest BCUT2D eigenvalue weighted by atomic mass is 9.99. The van der Waals surface area contributed by atoms with Crippen LogP contribution in [-0.4, -0.2) is 40.3 Å². The van der Waals surface area contributed by atoms with Crippen molar-refractivity contribution in [2.75, 3.05) is 13.2 Å². The lowest BCUT2D eigenvalue weighted by molar-refractivity contribution is -0.119. The Morgan fingerprint density at radius 2 is 1.79 bits per heavy atom. The normalized spacial score (nSPS) is 15.1. The zero-order valence-corrected chi connectivity index (χ0v) is 16.7. The number of fused-ring (bicyclic) bond motifs is 1. The predicted octanol–water partition coefficient (Wildman–Crippen LogP) is 3.17. The number of Topliss-reactive ketones (excluding diaryl/α,β-unsaturated/α-hetero) is 2. The minimum atomic E-state index is -0.510. The van der Waals surface area contributed by atoms with Crippen LogP contribution in [0.3, 0.4) is 0 Å². The van der Waals surface area contributed by atoms with Crippen molar-refractivity contribution in [2.24, 2.45) is 0 Å². The SMILES string of the molecule is CC(C)(C)Oc1ccc(CN2CC(=O)Cc3ccc(C(=O)CO)cc3C2)cc1. The summed E-state index contributed by atoms with van der Waals surface area (Å²) in [5, 5.41) is 9.11. The van der Waals surface area contributed by atoms with Gasteiger partial charge in [-0.25, -0.2) is 0 Å². The van der Waals surface area contributed by atoms with E-state index in [4.69, 9.17) is 9.84 Å². The van der Waals surface area contributed by atoms with Crippen LogP contribution < -0.4 is 4.74 Å². The molecule has 148 valence electrons. The maximum Gasteiger partial charge on any atom is 0.188 e.